The molecule has 17 heavy (non-hydrogen) atoms. The molecule has 4 nitrogen and oxygen atoms in total. The summed E-state index contributed by atoms with van der Waals surface area (Å²) in [5.41, 5.74) is 6.53. The van der Waals surface area contributed by atoms with Crippen molar-refractivity contribution in [1.82, 2.24) is 0 Å². The maximum atomic E-state index is 11.2. The number of nitrogens with two attached hydrogens (primary N) is 1. The summed E-state index contributed by atoms with van der Waals surface area (Å²) in [5.74, 6) is -0.200. The fraction of sp³-hybridized carbons (Fsp3) is 0.364. The number of phenols is 1. The summed E-state index contributed by atoms with van der Waals surface area (Å²) in [5, 5.41) is 9.06. The molecule has 0 radical (unpaired) electrons. The fourth-order valence-corrected chi connectivity index (χ4v) is 1.22. The lowest BCUT2D eigenvalue weighted by atomic mass is 10.1. The zero-order chi connectivity index (χ0) is 11.3. The number of hydrogen-bond donors (Lipinski definition) is 2. The van der Waals surface area contributed by atoms with Crippen LogP contribution >= 0.6 is 24.8 Å². The fourth-order valence-electron chi connectivity index (χ4n) is 1.22. The standard InChI is InChI=1S/C11H15NO3.2ClH/c1-2-15-11(14)10(12)7-8-3-5-9(13)6-4-8;;/h3-6,10,13H,2,7,12H2,1H3;2*1H/t10-;;/m0../s1. The average Bonchev–Trinajstić information content (AvgIpc) is 2.22. The Kier molecular flexibility index (Phi) is 9.85. The van der Waals surface area contributed by atoms with Crippen molar-refractivity contribution in [3.05, 3.63) is 29.8 Å². The van der Waals surface area contributed by atoms with Gasteiger partial charge in [0.15, 0.2) is 0 Å². The lowest BCUT2D eigenvalue weighted by Gasteiger charge is -2.10. The summed E-state index contributed by atoms with van der Waals surface area (Å²) < 4.78 is 4.79. The number of rotatable bonds is 4. The molecule has 0 unspecified atom stereocenters. The Morgan fingerprint density at radius 1 is 1.35 bits per heavy atom. The van der Waals surface area contributed by atoms with Gasteiger partial charge >= 0.3 is 5.97 Å². The van der Waals surface area contributed by atoms with Crippen LogP contribution in [0.25, 0.3) is 0 Å². The van der Waals surface area contributed by atoms with E-state index >= 15 is 0 Å². The van der Waals surface area contributed by atoms with E-state index in [0.717, 1.165) is 5.56 Å². The first-order valence-corrected chi connectivity index (χ1v) is 4.83. The summed E-state index contributed by atoms with van der Waals surface area (Å²) >= 11 is 0. The maximum Gasteiger partial charge on any atom is 0.323 e. The molecule has 0 aromatic heterocycles. The zero-order valence-corrected chi connectivity index (χ0v) is 11.1. The number of carbonyl (C=O) groups excluding carboxylic acids is 1. The van der Waals surface area contributed by atoms with Crippen LogP contribution in [0, 0.1) is 0 Å². The van der Waals surface area contributed by atoms with Gasteiger partial charge in [-0.15, -0.1) is 24.8 Å². The highest BCUT2D eigenvalue weighted by molar-refractivity contribution is 5.85. The Labute approximate surface area is 113 Å². The molecule has 1 rings (SSSR count). The molecule has 0 aliphatic carbocycles. The average molecular weight is 282 g/mol. The van der Waals surface area contributed by atoms with Gasteiger partial charge in [0.1, 0.15) is 11.8 Å². The quantitative estimate of drug-likeness (QED) is 0.824. The Morgan fingerprint density at radius 2 is 1.88 bits per heavy atom. The van der Waals surface area contributed by atoms with Crippen LogP contribution in [0.1, 0.15) is 12.5 Å². The largest absolute Gasteiger partial charge is 0.508 e. The van der Waals surface area contributed by atoms with E-state index < -0.39 is 12.0 Å². The normalized spacial score (nSPS) is 10.7. The highest BCUT2D eigenvalue weighted by Gasteiger charge is 2.14. The first-order valence-electron chi connectivity index (χ1n) is 4.83. The molecule has 1 atom stereocenters. The molecule has 98 valence electrons. The van der Waals surface area contributed by atoms with E-state index in [1.54, 1.807) is 31.2 Å². The second-order valence-electron chi connectivity index (χ2n) is 3.23. The molecule has 0 fully saturated rings. The predicted molar refractivity (Wildman–Crippen MR) is 70.9 cm³/mol. The van der Waals surface area contributed by atoms with Crippen molar-refractivity contribution in [2.45, 2.75) is 19.4 Å². The SMILES string of the molecule is CCOC(=O)[C@@H](N)Cc1ccc(O)cc1.Cl.Cl. The summed E-state index contributed by atoms with van der Waals surface area (Å²) in [6.45, 7) is 2.08. The van der Waals surface area contributed by atoms with E-state index in [1.807, 2.05) is 0 Å². The topological polar surface area (TPSA) is 72.5 Å². The highest BCUT2D eigenvalue weighted by Crippen LogP contribution is 2.11. The van der Waals surface area contributed by atoms with E-state index in [4.69, 9.17) is 15.6 Å². The number of phenolic OH excluding ortho intramolecular Hbond substituents is 1. The molecule has 0 spiro atoms. The number of carbonyl (C=O) groups is 1. The molecule has 1 aromatic carbocycles. The summed E-state index contributed by atoms with van der Waals surface area (Å²) in [4.78, 5) is 11.2. The first kappa shape index (κ1) is 18.4. The van der Waals surface area contributed by atoms with Crippen LogP contribution in [0.3, 0.4) is 0 Å². The number of esters is 1. The van der Waals surface area contributed by atoms with Crippen LogP contribution in [0.4, 0.5) is 0 Å². The van der Waals surface area contributed by atoms with Crippen molar-refractivity contribution in [1.29, 1.82) is 0 Å². The minimum absolute atomic E-state index is 0. The van der Waals surface area contributed by atoms with Crippen LogP contribution in [0.15, 0.2) is 24.3 Å². The molecule has 0 aliphatic rings. The number of benzene rings is 1. The highest BCUT2D eigenvalue weighted by atomic mass is 35.5. The Balaban J connectivity index is 0. The third-order valence-electron chi connectivity index (χ3n) is 1.98. The van der Waals surface area contributed by atoms with Gasteiger partial charge in [-0.25, -0.2) is 0 Å². The van der Waals surface area contributed by atoms with E-state index in [0.29, 0.717) is 13.0 Å². The van der Waals surface area contributed by atoms with Gasteiger partial charge in [-0.1, -0.05) is 12.1 Å². The Hall–Kier alpha value is -0.970. The predicted octanol–water partition coefficient (Wildman–Crippen LogP) is 1.67. The Bertz CT molecular complexity index is 330. The van der Waals surface area contributed by atoms with Crippen molar-refractivity contribution in [3.63, 3.8) is 0 Å². The molecule has 6 heteroatoms. The minimum Gasteiger partial charge on any atom is -0.508 e. The zero-order valence-electron chi connectivity index (χ0n) is 9.46. The maximum absolute atomic E-state index is 11.2. The minimum atomic E-state index is -0.644. The molecule has 0 heterocycles. The second kappa shape index (κ2) is 9.10. The molecule has 0 amide bonds. The molecule has 1 aromatic rings. The van der Waals surface area contributed by atoms with E-state index in [9.17, 15) is 4.79 Å². The lowest BCUT2D eigenvalue weighted by Crippen LogP contribution is -2.34. The van der Waals surface area contributed by atoms with Crippen LogP contribution in [-0.2, 0) is 16.0 Å². The first-order chi connectivity index (χ1) is 7.13. The van der Waals surface area contributed by atoms with Gasteiger partial charge in [0, 0.05) is 0 Å². The van der Waals surface area contributed by atoms with E-state index in [2.05, 4.69) is 0 Å². The third-order valence-corrected chi connectivity index (χ3v) is 1.98. The lowest BCUT2D eigenvalue weighted by molar-refractivity contribution is -0.144. The van der Waals surface area contributed by atoms with Gasteiger partial charge in [0.25, 0.3) is 0 Å². The van der Waals surface area contributed by atoms with Gasteiger partial charge in [-0.3, -0.25) is 4.79 Å². The molecule has 0 aliphatic heterocycles. The molecular formula is C11H17Cl2NO3. The number of ether oxygens (including phenoxy) is 1. The van der Waals surface area contributed by atoms with Gasteiger partial charge in [-0.2, -0.15) is 0 Å². The summed E-state index contributed by atoms with van der Waals surface area (Å²) in [6, 6.07) is 5.94. The van der Waals surface area contributed by atoms with E-state index in [-0.39, 0.29) is 30.6 Å². The van der Waals surface area contributed by atoms with Gasteiger partial charge in [-0.05, 0) is 31.0 Å². The van der Waals surface area contributed by atoms with Gasteiger partial charge in [0.05, 0.1) is 6.61 Å². The van der Waals surface area contributed by atoms with Crippen LogP contribution in [0.5, 0.6) is 5.75 Å². The second-order valence-corrected chi connectivity index (χ2v) is 3.23. The monoisotopic (exact) mass is 281 g/mol. The number of hydrogen-bond acceptors (Lipinski definition) is 4. The number of aromatic hydroxyl groups is 1. The van der Waals surface area contributed by atoms with E-state index in [1.165, 1.54) is 0 Å². The van der Waals surface area contributed by atoms with Gasteiger partial charge in [0.2, 0.25) is 0 Å². The van der Waals surface area contributed by atoms with Crippen molar-refractivity contribution < 1.29 is 14.6 Å². The van der Waals surface area contributed by atoms with Gasteiger partial charge < -0.3 is 15.6 Å². The third kappa shape index (κ3) is 6.36. The molecule has 3 N–H and O–H groups in total. The Morgan fingerprint density at radius 3 is 2.35 bits per heavy atom. The van der Waals surface area contributed by atoms with Crippen molar-refractivity contribution in [2.75, 3.05) is 6.61 Å². The van der Waals surface area contributed by atoms with Crippen molar-refractivity contribution in [3.8, 4) is 5.75 Å². The van der Waals surface area contributed by atoms with Crippen molar-refractivity contribution in [2.24, 2.45) is 5.73 Å². The molecular weight excluding hydrogens is 265 g/mol. The van der Waals surface area contributed by atoms with Crippen LogP contribution < -0.4 is 5.73 Å². The summed E-state index contributed by atoms with van der Waals surface area (Å²) in [7, 11) is 0. The van der Waals surface area contributed by atoms with Crippen LogP contribution in [0.2, 0.25) is 0 Å². The number of halogens is 2. The molecule has 0 saturated carbocycles. The molecule has 0 saturated heterocycles. The summed E-state index contributed by atoms with van der Waals surface area (Å²) in [6.07, 6.45) is 0.416. The smallest absolute Gasteiger partial charge is 0.323 e. The van der Waals surface area contributed by atoms with Crippen molar-refractivity contribution >= 4 is 30.8 Å². The van der Waals surface area contributed by atoms with Crippen LogP contribution in [-0.4, -0.2) is 23.7 Å². The molecule has 0 bridgehead atoms.